The van der Waals surface area contributed by atoms with Crippen LogP contribution in [0.4, 0.5) is 27.9 Å². The number of aromatic nitrogens is 7. The minimum Gasteiger partial charge on any atom is -0.443 e. The minimum absolute atomic E-state index is 0.0248. The highest BCUT2D eigenvalue weighted by Crippen LogP contribution is 2.45. The second-order valence-corrected chi connectivity index (χ2v) is 17.0. The summed E-state index contributed by atoms with van der Waals surface area (Å²) in [5, 5.41) is 30.7. The molecule has 59 heavy (non-hydrogen) atoms. The number of alkyl halides is 3. The molecular weight excluding hydrogens is 821 g/mol. The van der Waals surface area contributed by atoms with Gasteiger partial charge in [0.25, 0.3) is 0 Å². The summed E-state index contributed by atoms with van der Waals surface area (Å²) in [6.07, 6.45) is -11.1. The van der Waals surface area contributed by atoms with Gasteiger partial charge in [0.1, 0.15) is 58.9 Å². The number of rotatable bonds is 6. The van der Waals surface area contributed by atoms with E-state index < -0.39 is 71.9 Å². The van der Waals surface area contributed by atoms with Crippen LogP contribution in [0.2, 0.25) is 5.02 Å². The first-order chi connectivity index (χ1) is 27.7. The molecule has 2 fully saturated rings. The lowest BCUT2D eigenvalue weighted by atomic mass is 9.91. The summed E-state index contributed by atoms with van der Waals surface area (Å²) in [4.78, 5) is 31.8. The van der Waals surface area contributed by atoms with Gasteiger partial charge in [-0.3, -0.25) is 4.57 Å². The standard InChI is InChI=1S/C38H40ClF3N8O8S/c1-19-44-46-31(49(19)25-15-21(39)13-14-22(25)38(40,41)42)30-28(51)27(29-26(55-30)17-54-32(56-29)20-11-9-8-10-12-20)48-16-23(45-47-48)24-18-59-33(43-24)50(34(52)57-36(2,3)4)35(53)58-37(5,6)7/h8-16,18,26-30,32,51H,17H2,1-7H3/t26?,27-,28?,29+,30-,32?/m1/s1. The van der Waals surface area contributed by atoms with E-state index in [1.54, 1.807) is 46.9 Å². The quantitative estimate of drug-likeness (QED) is 0.175. The molecule has 1 N–H and O–H groups in total. The van der Waals surface area contributed by atoms with E-state index in [1.165, 1.54) is 17.8 Å². The lowest BCUT2D eigenvalue weighted by Gasteiger charge is -2.47. The third kappa shape index (κ3) is 8.97. The number of anilines is 1. The molecule has 0 saturated carbocycles. The number of fused-ring (bicyclic) bond motifs is 1. The van der Waals surface area contributed by atoms with Crippen molar-refractivity contribution in [2.24, 2.45) is 0 Å². The summed E-state index contributed by atoms with van der Waals surface area (Å²) in [6.45, 7) is 11.3. The normalized spacial score (nSPS) is 22.4. The Morgan fingerprint density at radius 3 is 2.27 bits per heavy atom. The zero-order valence-electron chi connectivity index (χ0n) is 32.7. The zero-order valence-corrected chi connectivity index (χ0v) is 34.3. The Kier molecular flexibility index (Phi) is 11.3. The van der Waals surface area contributed by atoms with Crippen molar-refractivity contribution in [1.82, 2.24) is 34.7 Å². The Morgan fingerprint density at radius 1 is 0.949 bits per heavy atom. The Bertz CT molecular complexity index is 2300. The van der Waals surface area contributed by atoms with Crippen LogP contribution < -0.4 is 4.90 Å². The number of aliphatic hydroxyl groups excluding tert-OH is 1. The minimum atomic E-state index is -4.78. The monoisotopic (exact) mass is 860 g/mol. The van der Waals surface area contributed by atoms with Crippen molar-refractivity contribution >= 4 is 40.3 Å². The third-order valence-electron chi connectivity index (χ3n) is 8.97. The fourth-order valence-electron chi connectivity index (χ4n) is 6.57. The van der Waals surface area contributed by atoms with Gasteiger partial charge in [-0.1, -0.05) is 47.1 Å². The zero-order chi connectivity index (χ0) is 42.6. The number of halogens is 4. The third-order valence-corrected chi connectivity index (χ3v) is 10.0. The van der Waals surface area contributed by atoms with Crippen molar-refractivity contribution in [3.63, 3.8) is 0 Å². The smallest absolute Gasteiger partial charge is 0.426 e. The number of aliphatic hydroxyl groups is 1. The molecule has 2 aliphatic rings. The van der Waals surface area contributed by atoms with Crippen LogP contribution in [-0.2, 0) is 29.9 Å². The number of carbonyl (C=O) groups excluding carboxylic acids is 2. The Morgan fingerprint density at radius 2 is 1.63 bits per heavy atom. The number of amides is 2. The topological polar surface area (TPSA) is 178 Å². The van der Waals surface area contributed by atoms with Crippen molar-refractivity contribution in [3.05, 3.63) is 87.9 Å². The molecule has 0 bridgehead atoms. The molecule has 2 aliphatic heterocycles. The van der Waals surface area contributed by atoms with Crippen LogP contribution in [-0.4, -0.2) is 88.2 Å². The van der Waals surface area contributed by atoms with Crippen LogP contribution in [0.3, 0.4) is 0 Å². The molecule has 0 radical (unpaired) electrons. The molecule has 2 amide bonds. The molecule has 3 aromatic heterocycles. The van der Waals surface area contributed by atoms with Gasteiger partial charge in [0, 0.05) is 16.0 Å². The van der Waals surface area contributed by atoms with Gasteiger partial charge in [-0.2, -0.15) is 18.1 Å². The summed E-state index contributed by atoms with van der Waals surface area (Å²) in [5.41, 5.74) is -2.22. The van der Waals surface area contributed by atoms with Crippen molar-refractivity contribution in [2.75, 3.05) is 11.5 Å². The van der Waals surface area contributed by atoms with Gasteiger partial charge in [0.2, 0.25) is 5.13 Å². The van der Waals surface area contributed by atoms with Gasteiger partial charge in [0.15, 0.2) is 12.1 Å². The molecule has 3 unspecified atom stereocenters. The highest BCUT2D eigenvalue weighted by molar-refractivity contribution is 7.14. The number of aryl methyl sites for hydroxylation is 1. The van der Waals surface area contributed by atoms with Gasteiger partial charge in [-0.05, 0) is 66.7 Å². The number of nitrogens with zero attached hydrogens (tertiary/aromatic N) is 8. The van der Waals surface area contributed by atoms with E-state index in [0.717, 1.165) is 34.1 Å². The molecule has 2 aromatic carbocycles. The van der Waals surface area contributed by atoms with Crippen LogP contribution in [0.15, 0.2) is 60.1 Å². The fourth-order valence-corrected chi connectivity index (χ4v) is 7.53. The average molecular weight is 861 g/mol. The lowest BCUT2D eigenvalue weighted by molar-refractivity contribution is -0.319. The van der Waals surface area contributed by atoms with Crippen LogP contribution in [0, 0.1) is 6.92 Å². The Labute approximate surface area is 344 Å². The molecule has 314 valence electrons. The second kappa shape index (κ2) is 15.9. The average Bonchev–Trinajstić information content (AvgIpc) is 3.90. The number of carbonyl (C=O) groups is 2. The number of thiazole rings is 1. The summed E-state index contributed by atoms with van der Waals surface area (Å²) in [5.74, 6) is -0.0815. The van der Waals surface area contributed by atoms with E-state index in [4.69, 9.17) is 35.3 Å². The summed E-state index contributed by atoms with van der Waals surface area (Å²) in [6, 6.07) is 11.1. The number of benzene rings is 2. The molecule has 5 aromatic rings. The van der Waals surface area contributed by atoms with E-state index in [-0.39, 0.29) is 45.5 Å². The highest BCUT2D eigenvalue weighted by Gasteiger charge is 2.53. The van der Waals surface area contributed by atoms with Gasteiger partial charge >= 0.3 is 18.4 Å². The van der Waals surface area contributed by atoms with Gasteiger partial charge in [-0.25, -0.2) is 19.3 Å². The summed E-state index contributed by atoms with van der Waals surface area (Å²) >= 11 is 7.15. The van der Waals surface area contributed by atoms with Crippen LogP contribution in [0.1, 0.15) is 82.8 Å². The van der Waals surface area contributed by atoms with Crippen molar-refractivity contribution < 1.29 is 51.6 Å². The van der Waals surface area contributed by atoms with Crippen molar-refractivity contribution in [3.8, 4) is 17.1 Å². The highest BCUT2D eigenvalue weighted by atomic mass is 35.5. The van der Waals surface area contributed by atoms with Gasteiger partial charge < -0.3 is 28.8 Å². The molecule has 6 atom stereocenters. The van der Waals surface area contributed by atoms with E-state index >= 15 is 0 Å². The van der Waals surface area contributed by atoms with E-state index in [9.17, 15) is 27.9 Å². The Hall–Kier alpha value is -4.99. The van der Waals surface area contributed by atoms with E-state index in [0.29, 0.717) is 10.5 Å². The number of hydrogen-bond donors (Lipinski definition) is 1. The van der Waals surface area contributed by atoms with Crippen LogP contribution in [0.5, 0.6) is 0 Å². The summed E-state index contributed by atoms with van der Waals surface area (Å²) in [7, 11) is 0. The molecule has 0 spiro atoms. The number of hydrogen-bond acceptors (Lipinski definition) is 14. The Balaban J connectivity index is 1.27. The molecule has 7 rings (SSSR count). The van der Waals surface area contributed by atoms with E-state index in [1.807, 2.05) is 30.3 Å². The molecular formula is C38H40ClF3N8O8S. The van der Waals surface area contributed by atoms with Crippen molar-refractivity contribution in [2.45, 2.75) is 103 Å². The predicted molar refractivity (Wildman–Crippen MR) is 205 cm³/mol. The SMILES string of the molecule is Cc1nnc([C@@H]2OC3COC(c4ccccc4)O[C@@H]3[C@H](n3cc(-c4csc(N(C(=O)OC(C)(C)C)C(=O)OC(C)(C)C)n4)nn3)C2O)n1-c1cc(Cl)ccc1C(F)(F)F. The first kappa shape index (κ1) is 42.1. The maximum atomic E-state index is 14.4. The molecule has 5 heterocycles. The van der Waals surface area contributed by atoms with Gasteiger partial charge in [-0.15, -0.1) is 26.6 Å². The molecule has 0 aliphatic carbocycles. The van der Waals surface area contributed by atoms with Crippen molar-refractivity contribution in [1.29, 1.82) is 0 Å². The van der Waals surface area contributed by atoms with Gasteiger partial charge in [0.05, 0.1) is 24.1 Å². The van der Waals surface area contributed by atoms with E-state index in [2.05, 4.69) is 25.5 Å². The molecule has 21 heteroatoms. The number of ether oxygens (including phenoxy) is 5. The first-order valence-electron chi connectivity index (χ1n) is 18.3. The fraction of sp³-hybridized carbons (Fsp3) is 0.447. The predicted octanol–water partition coefficient (Wildman–Crippen LogP) is 7.80. The molecule has 16 nitrogen and oxygen atoms in total. The van der Waals surface area contributed by atoms with Crippen LogP contribution >= 0.6 is 22.9 Å². The largest absolute Gasteiger partial charge is 0.443 e. The first-order valence-corrected chi connectivity index (χ1v) is 19.5. The van der Waals surface area contributed by atoms with Crippen LogP contribution in [0.25, 0.3) is 17.1 Å². The summed E-state index contributed by atoms with van der Waals surface area (Å²) < 4.78 is 75.4. The lowest BCUT2D eigenvalue weighted by Crippen LogP contribution is -2.57. The maximum absolute atomic E-state index is 14.4. The maximum Gasteiger partial charge on any atom is 0.426 e. The second-order valence-electron chi connectivity index (χ2n) is 15.7. The number of imide groups is 1. The molecule has 2 saturated heterocycles.